The topological polar surface area (TPSA) is 85.9 Å². The molecule has 0 radical (unpaired) electrons. The fourth-order valence-electron chi connectivity index (χ4n) is 9.94. The summed E-state index contributed by atoms with van der Waals surface area (Å²) in [6.07, 6.45) is 11.9. The molecule has 35 heavy (non-hydrogen) atoms. The number of nitrogens with one attached hydrogen (secondary N) is 1. The first kappa shape index (κ1) is 24.1. The molecule has 2 heterocycles. The predicted octanol–water partition coefficient (Wildman–Crippen LogP) is 3.52. The van der Waals surface area contributed by atoms with E-state index in [9.17, 15) is 15.0 Å². The fourth-order valence-corrected chi connectivity index (χ4v) is 9.94. The number of rotatable bonds is 3. The largest absolute Gasteiger partial charge is 0.431 e. The van der Waals surface area contributed by atoms with Crippen LogP contribution < -0.4 is 10.9 Å². The van der Waals surface area contributed by atoms with Crippen LogP contribution in [0.15, 0.2) is 27.6 Å². The van der Waals surface area contributed by atoms with Gasteiger partial charge in [-0.2, -0.15) is 0 Å². The molecule has 3 N–H and O–H groups in total. The SMILES string of the molecule is C[C@]12CC[C@H](N3CCNC(CO)C3)C[C@H]1CC[C@@H]1[C@@H]2CC[C@]2(C)[C@@H](c3ccc(=O)oc3)CC[C@]12O. The highest BCUT2D eigenvalue weighted by molar-refractivity contribution is 5.27. The maximum atomic E-state index is 12.4. The molecule has 5 fully saturated rings. The molecule has 0 bridgehead atoms. The van der Waals surface area contributed by atoms with Gasteiger partial charge >= 0.3 is 5.63 Å². The van der Waals surface area contributed by atoms with Crippen LogP contribution in [0.25, 0.3) is 0 Å². The fraction of sp³-hybridized carbons (Fsp3) is 0.828. The van der Waals surface area contributed by atoms with Crippen molar-refractivity contribution >= 4 is 0 Å². The van der Waals surface area contributed by atoms with Gasteiger partial charge in [0.2, 0.25) is 0 Å². The molecule has 1 unspecified atom stereocenters. The first-order chi connectivity index (χ1) is 16.8. The van der Waals surface area contributed by atoms with Crippen LogP contribution >= 0.6 is 0 Å². The Hall–Kier alpha value is -1.21. The minimum Gasteiger partial charge on any atom is -0.431 e. The summed E-state index contributed by atoms with van der Waals surface area (Å²) in [5.41, 5.74) is 0.311. The Morgan fingerprint density at radius 1 is 1.09 bits per heavy atom. The second kappa shape index (κ2) is 8.68. The molecule has 0 aromatic carbocycles. The molecule has 5 aliphatic rings. The summed E-state index contributed by atoms with van der Waals surface area (Å²) in [5, 5.41) is 25.5. The lowest BCUT2D eigenvalue weighted by molar-refractivity contribution is -0.204. The van der Waals surface area contributed by atoms with Crippen LogP contribution in [-0.4, -0.2) is 59.0 Å². The van der Waals surface area contributed by atoms with Gasteiger partial charge in [-0.05, 0) is 98.5 Å². The molecule has 1 aliphatic heterocycles. The lowest BCUT2D eigenvalue weighted by atomic mass is 9.43. The minimum atomic E-state index is -0.631. The lowest BCUT2D eigenvalue weighted by Gasteiger charge is -2.64. The minimum absolute atomic E-state index is 0.158. The molecule has 1 aromatic rings. The zero-order valence-corrected chi connectivity index (χ0v) is 21.5. The van der Waals surface area contributed by atoms with E-state index in [1.54, 1.807) is 6.26 Å². The summed E-state index contributed by atoms with van der Waals surface area (Å²) in [4.78, 5) is 14.2. The molecule has 1 aromatic heterocycles. The van der Waals surface area contributed by atoms with E-state index in [-0.39, 0.29) is 29.6 Å². The van der Waals surface area contributed by atoms with Crippen molar-refractivity contribution in [3.8, 4) is 0 Å². The van der Waals surface area contributed by atoms with E-state index in [4.69, 9.17) is 4.42 Å². The van der Waals surface area contributed by atoms with Gasteiger partial charge in [-0.15, -0.1) is 0 Å². The Balaban J connectivity index is 1.21. The number of hydrogen-bond acceptors (Lipinski definition) is 6. The van der Waals surface area contributed by atoms with Gasteiger partial charge in [0, 0.05) is 43.2 Å². The van der Waals surface area contributed by atoms with Gasteiger partial charge in [-0.25, -0.2) is 4.79 Å². The van der Waals surface area contributed by atoms with Crippen molar-refractivity contribution in [2.24, 2.45) is 28.6 Å². The van der Waals surface area contributed by atoms with Gasteiger partial charge in [-0.3, -0.25) is 4.90 Å². The van der Waals surface area contributed by atoms with Gasteiger partial charge in [-0.1, -0.05) is 13.8 Å². The Labute approximate surface area is 209 Å². The van der Waals surface area contributed by atoms with Crippen LogP contribution in [0, 0.1) is 28.6 Å². The maximum Gasteiger partial charge on any atom is 0.335 e. The quantitative estimate of drug-likeness (QED) is 0.609. The number of aliphatic hydroxyl groups is 2. The molecular formula is C29H44N2O4. The average Bonchev–Trinajstić information content (AvgIpc) is 3.15. The highest BCUT2D eigenvalue weighted by atomic mass is 16.4. The first-order valence-corrected chi connectivity index (χ1v) is 14.2. The molecule has 6 nitrogen and oxygen atoms in total. The maximum absolute atomic E-state index is 12.4. The van der Waals surface area contributed by atoms with Crippen molar-refractivity contribution in [3.05, 3.63) is 34.4 Å². The molecule has 4 saturated carbocycles. The highest BCUT2D eigenvalue weighted by Crippen LogP contribution is 2.70. The molecule has 0 spiro atoms. The van der Waals surface area contributed by atoms with Gasteiger partial charge in [0.05, 0.1) is 18.5 Å². The van der Waals surface area contributed by atoms with Crippen molar-refractivity contribution in [1.29, 1.82) is 0 Å². The Morgan fingerprint density at radius 3 is 2.71 bits per heavy atom. The van der Waals surface area contributed by atoms with E-state index >= 15 is 0 Å². The Bertz CT molecular complexity index is 977. The van der Waals surface area contributed by atoms with Crippen LogP contribution in [0.5, 0.6) is 0 Å². The summed E-state index contributed by atoms with van der Waals surface area (Å²) in [6.45, 7) is 8.14. The van der Waals surface area contributed by atoms with Gasteiger partial charge < -0.3 is 19.9 Å². The van der Waals surface area contributed by atoms with Crippen molar-refractivity contribution in [3.63, 3.8) is 0 Å². The molecule has 9 atom stereocenters. The number of piperazine rings is 1. The third-order valence-corrected chi connectivity index (χ3v) is 12.0. The Morgan fingerprint density at radius 2 is 1.94 bits per heavy atom. The third-order valence-electron chi connectivity index (χ3n) is 12.0. The Kier molecular flexibility index (Phi) is 5.99. The molecule has 6 heteroatoms. The summed E-state index contributed by atoms with van der Waals surface area (Å²) in [6, 6.07) is 4.32. The summed E-state index contributed by atoms with van der Waals surface area (Å²) < 4.78 is 5.24. The summed E-state index contributed by atoms with van der Waals surface area (Å²) >= 11 is 0. The van der Waals surface area contributed by atoms with E-state index in [1.165, 1.54) is 38.2 Å². The normalized spacial score (nSPS) is 48.1. The van der Waals surface area contributed by atoms with Crippen molar-refractivity contribution < 1.29 is 14.6 Å². The van der Waals surface area contributed by atoms with Crippen LogP contribution in [0.4, 0.5) is 0 Å². The third kappa shape index (κ3) is 3.61. The standard InChI is InChI=1S/C29H44N2O4/c1-27-10-7-22(31-14-13-30-21(16-31)17-32)15-20(27)4-5-25-24(27)8-11-28(2)23(9-12-29(25,28)34)19-3-6-26(33)35-18-19/h3,6,18,20-25,30,32,34H,4-5,7-17H2,1-2H3/t20-,21?,22+,23-,24+,25-,27+,28-,29+/m1/s1. The zero-order valence-electron chi connectivity index (χ0n) is 21.5. The first-order valence-electron chi connectivity index (χ1n) is 14.2. The molecule has 1 saturated heterocycles. The summed E-state index contributed by atoms with van der Waals surface area (Å²) in [5.74, 6) is 1.96. The molecular weight excluding hydrogens is 440 g/mol. The van der Waals surface area contributed by atoms with E-state index in [1.807, 2.05) is 6.07 Å². The van der Waals surface area contributed by atoms with E-state index in [0.29, 0.717) is 23.3 Å². The van der Waals surface area contributed by atoms with Crippen LogP contribution in [-0.2, 0) is 0 Å². The molecule has 6 rings (SSSR count). The van der Waals surface area contributed by atoms with E-state index < -0.39 is 5.60 Å². The number of fused-ring (bicyclic) bond motifs is 5. The van der Waals surface area contributed by atoms with Crippen LogP contribution in [0.3, 0.4) is 0 Å². The van der Waals surface area contributed by atoms with Crippen LogP contribution in [0.2, 0.25) is 0 Å². The number of hydrogen-bond donors (Lipinski definition) is 3. The van der Waals surface area contributed by atoms with E-state index in [2.05, 4.69) is 24.1 Å². The van der Waals surface area contributed by atoms with Gasteiger partial charge in [0.25, 0.3) is 0 Å². The van der Waals surface area contributed by atoms with Crippen LogP contribution in [0.1, 0.15) is 83.1 Å². The number of aliphatic hydroxyl groups excluding tert-OH is 1. The second-order valence-corrected chi connectivity index (χ2v) is 13.1. The zero-order chi connectivity index (χ0) is 24.4. The second-order valence-electron chi connectivity index (χ2n) is 13.1. The average molecular weight is 485 g/mol. The predicted molar refractivity (Wildman–Crippen MR) is 135 cm³/mol. The highest BCUT2D eigenvalue weighted by Gasteiger charge is 2.67. The molecule has 4 aliphatic carbocycles. The summed E-state index contributed by atoms with van der Waals surface area (Å²) in [7, 11) is 0. The van der Waals surface area contributed by atoms with Crippen molar-refractivity contribution in [1.82, 2.24) is 10.2 Å². The van der Waals surface area contributed by atoms with Gasteiger partial charge in [0.1, 0.15) is 0 Å². The monoisotopic (exact) mass is 484 g/mol. The smallest absolute Gasteiger partial charge is 0.335 e. The van der Waals surface area contributed by atoms with Crippen molar-refractivity contribution in [2.45, 2.75) is 95.2 Å². The molecule has 0 amide bonds. The number of nitrogens with zero attached hydrogens (tertiary/aromatic N) is 1. The van der Waals surface area contributed by atoms with Crippen molar-refractivity contribution in [2.75, 3.05) is 26.2 Å². The molecule has 194 valence electrons. The van der Waals surface area contributed by atoms with Gasteiger partial charge in [0.15, 0.2) is 0 Å². The van der Waals surface area contributed by atoms with E-state index in [0.717, 1.165) is 56.8 Å². The lowest BCUT2D eigenvalue weighted by Crippen LogP contribution is -2.63.